The van der Waals surface area contributed by atoms with E-state index in [0.29, 0.717) is 12.2 Å². The first-order valence-electron chi connectivity index (χ1n) is 8.34. The number of nitrogens with one attached hydrogen (secondary N) is 1. The molecule has 0 spiro atoms. The van der Waals surface area contributed by atoms with Crippen molar-refractivity contribution in [2.24, 2.45) is 0 Å². The fourth-order valence-electron chi connectivity index (χ4n) is 2.00. The second-order valence-electron chi connectivity index (χ2n) is 6.08. The van der Waals surface area contributed by atoms with Crippen molar-refractivity contribution in [3.63, 3.8) is 0 Å². The van der Waals surface area contributed by atoms with Crippen LogP contribution in [0.3, 0.4) is 0 Å². The van der Waals surface area contributed by atoms with Crippen LogP contribution in [0.5, 0.6) is 0 Å². The fraction of sp³-hybridized carbons (Fsp3) is 0.444. The minimum atomic E-state index is -3.54. The normalized spacial score (nSPS) is 11.1. The Morgan fingerprint density at radius 2 is 1.81 bits per heavy atom. The second-order valence-corrected chi connectivity index (χ2v) is 8.13. The van der Waals surface area contributed by atoms with E-state index in [1.54, 1.807) is 20.9 Å². The van der Waals surface area contributed by atoms with E-state index >= 15 is 0 Å². The van der Waals surface area contributed by atoms with Gasteiger partial charge in [-0.25, -0.2) is 17.5 Å². The molecule has 0 aliphatic carbocycles. The third-order valence-corrected chi connectivity index (χ3v) is 5.30. The van der Waals surface area contributed by atoms with Crippen molar-refractivity contribution in [1.82, 2.24) is 4.31 Å². The number of unbranched alkanes of at least 4 members (excludes halogenated alkanes) is 1. The number of nitrogens with zero attached hydrogens (tertiary/aromatic N) is 1. The molecule has 26 heavy (non-hydrogen) atoms. The maximum absolute atomic E-state index is 12.4. The predicted octanol–water partition coefficient (Wildman–Crippen LogP) is 2.56. The number of ether oxygens (including phenoxy) is 1. The Morgan fingerprint density at radius 3 is 2.35 bits per heavy atom. The summed E-state index contributed by atoms with van der Waals surface area (Å²) in [5, 5.41) is 2.55. The van der Waals surface area contributed by atoms with Crippen LogP contribution in [0.2, 0.25) is 0 Å². The number of rotatable bonds is 9. The topological polar surface area (TPSA) is 92.8 Å². The summed E-state index contributed by atoms with van der Waals surface area (Å²) in [6, 6.07) is 5.86. The average Bonchev–Trinajstić information content (AvgIpc) is 2.57. The molecule has 0 aromatic heterocycles. The number of esters is 1. The van der Waals surface area contributed by atoms with Gasteiger partial charge in [-0.15, -0.1) is 0 Å². The van der Waals surface area contributed by atoms with Crippen LogP contribution in [0.4, 0.5) is 5.69 Å². The molecule has 1 aromatic carbocycles. The van der Waals surface area contributed by atoms with Gasteiger partial charge in [-0.2, -0.15) is 0 Å². The van der Waals surface area contributed by atoms with Crippen molar-refractivity contribution in [2.45, 2.75) is 38.5 Å². The highest BCUT2D eigenvalue weighted by Gasteiger charge is 2.20. The Balaban J connectivity index is 2.66. The second kappa shape index (κ2) is 10.1. The van der Waals surface area contributed by atoms with Crippen LogP contribution in [0.15, 0.2) is 40.8 Å². The molecule has 1 rings (SSSR count). The molecule has 8 heteroatoms. The Labute approximate surface area is 155 Å². The molecule has 144 valence electrons. The lowest BCUT2D eigenvalue weighted by atomic mass is 10.3. The summed E-state index contributed by atoms with van der Waals surface area (Å²) in [5.74, 6) is -1.09. The minimum absolute atomic E-state index is 0.157. The van der Waals surface area contributed by atoms with E-state index in [1.165, 1.54) is 34.6 Å². The maximum Gasteiger partial charge on any atom is 0.331 e. The Bertz CT molecular complexity index is 750. The molecule has 1 aromatic rings. The van der Waals surface area contributed by atoms with Crippen LogP contribution >= 0.6 is 0 Å². The lowest BCUT2D eigenvalue weighted by Crippen LogP contribution is -2.28. The molecule has 0 aliphatic rings. The number of allylic oxidation sites excluding steroid dienone is 1. The van der Waals surface area contributed by atoms with Crippen LogP contribution in [-0.2, 0) is 24.3 Å². The molecular formula is C18H26N2O5S. The van der Waals surface area contributed by atoms with Crippen molar-refractivity contribution in [3.05, 3.63) is 35.9 Å². The molecule has 0 atom stereocenters. The highest BCUT2D eigenvalue weighted by molar-refractivity contribution is 7.89. The Morgan fingerprint density at radius 1 is 1.19 bits per heavy atom. The first-order chi connectivity index (χ1) is 12.2. The molecule has 0 saturated heterocycles. The van der Waals surface area contributed by atoms with Gasteiger partial charge in [0.25, 0.3) is 5.91 Å². The standard InChI is InChI=1S/C18H26N2O5S/c1-5-6-11-20(4)26(23,24)16-9-7-15(8-10-16)19-17(21)13-25-18(22)12-14(2)3/h7-10,12H,5-6,11,13H2,1-4H3,(H,19,21). The zero-order valence-electron chi connectivity index (χ0n) is 15.6. The molecule has 0 bridgehead atoms. The minimum Gasteiger partial charge on any atom is -0.452 e. The average molecular weight is 382 g/mol. The van der Waals surface area contributed by atoms with Crippen molar-refractivity contribution in [1.29, 1.82) is 0 Å². The molecule has 7 nitrogen and oxygen atoms in total. The van der Waals surface area contributed by atoms with Crippen molar-refractivity contribution in [3.8, 4) is 0 Å². The van der Waals surface area contributed by atoms with Crippen LogP contribution in [0.25, 0.3) is 0 Å². The van der Waals surface area contributed by atoms with Gasteiger partial charge in [0.1, 0.15) is 0 Å². The van der Waals surface area contributed by atoms with Gasteiger partial charge < -0.3 is 10.1 Å². The van der Waals surface area contributed by atoms with Gasteiger partial charge in [-0.1, -0.05) is 18.9 Å². The summed E-state index contributed by atoms with van der Waals surface area (Å²) in [4.78, 5) is 23.3. The first-order valence-corrected chi connectivity index (χ1v) is 9.78. The van der Waals surface area contributed by atoms with Gasteiger partial charge in [0.15, 0.2) is 6.61 Å². The molecule has 1 N–H and O–H groups in total. The van der Waals surface area contributed by atoms with Crippen molar-refractivity contribution >= 4 is 27.6 Å². The van der Waals surface area contributed by atoms with E-state index in [-0.39, 0.29) is 4.90 Å². The fourth-order valence-corrected chi connectivity index (χ4v) is 3.21. The van der Waals surface area contributed by atoms with E-state index in [9.17, 15) is 18.0 Å². The SMILES string of the molecule is CCCCN(C)S(=O)(=O)c1ccc(NC(=O)COC(=O)C=C(C)C)cc1. The maximum atomic E-state index is 12.4. The zero-order chi connectivity index (χ0) is 19.7. The summed E-state index contributed by atoms with van der Waals surface area (Å²) in [6.45, 7) is 5.53. The van der Waals surface area contributed by atoms with Gasteiger partial charge in [-0.3, -0.25) is 4.79 Å². The molecule has 0 unspecified atom stereocenters. The molecule has 0 saturated carbocycles. The van der Waals surface area contributed by atoms with Crippen molar-refractivity contribution < 1.29 is 22.7 Å². The Kier molecular flexibility index (Phi) is 8.47. The Hall–Kier alpha value is -2.19. The van der Waals surface area contributed by atoms with Gasteiger partial charge >= 0.3 is 5.97 Å². The third kappa shape index (κ3) is 6.97. The summed E-state index contributed by atoms with van der Waals surface area (Å²) >= 11 is 0. The molecule has 0 radical (unpaired) electrons. The first kappa shape index (κ1) is 21.9. The number of sulfonamides is 1. The van der Waals surface area contributed by atoms with E-state index in [4.69, 9.17) is 4.74 Å². The largest absolute Gasteiger partial charge is 0.452 e. The molecule has 0 fully saturated rings. The van der Waals surface area contributed by atoms with Crippen molar-refractivity contribution in [2.75, 3.05) is 25.5 Å². The quantitative estimate of drug-likeness (QED) is 0.523. The smallest absolute Gasteiger partial charge is 0.331 e. The summed E-state index contributed by atoms with van der Waals surface area (Å²) < 4.78 is 30.9. The third-order valence-electron chi connectivity index (χ3n) is 3.42. The van der Waals surface area contributed by atoms with Crippen LogP contribution in [0.1, 0.15) is 33.6 Å². The summed E-state index contributed by atoms with van der Waals surface area (Å²) in [6.07, 6.45) is 2.99. The molecule has 0 aliphatic heterocycles. The van der Waals surface area contributed by atoms with Crippen LogP contribution in [0, 0.1) is 0 Å². The van der Waals surface area contributed by atoms with Gasteiger partial charge in [0.05, 0.1) is 4.90 Å². The predicted molar refractivity (Wildman–Crippen MR) is 100 cm³/mol. The number of anilines is 1. The van der Waals surface area contributed by atoms with Gasteiger partial charge in [0, 0.05) is 25.4 Å². The van der Waals surface area contributed by atoms with E-state index in [0.717, 1.165) is 18.4 Å². The number of hydrogen-bond acceptors (Lipinski definition) is 5. The highest BCUT2D eigenvalue weighted by Crippen LogP contribution is 2.18. The molecule has 1 amide bonds. The number of carbonyl (C=O) groups is 2. The highest BCUT2D eigenvalue weighted by atomic mass is 32.2. The van der Waals surface area contributed by atoms with Gasteiger partial charge in [0.2, 0.25) is 10.0 Å². The summed E-state index contributed by atoms with van der Waals surface area (Å²) in [7, 11) is -2.00. The number of benzene rings is 1. The molecule has 0 heterocycles. The van der Waals surface area contributed by atoms with Gasteiger partial charge in [-0.05, 0) is 44.5 Å². The van der Waals surface area contributed by atoms with E-state index in [2.05, 4.69) is 5.32 Å². The molecular weight excluding hydrogens is 356 g/mol. The van der Waals surface area contributed by atoms with Crippen LogP contribution < -0.4 is 5.32 Å². The number of amides is 1. The zero-order valence-corrected chi connectivity index (χ0v) is 16.4. The lowest BCUT2D eigenvalue weighted by molar-refractivity contribution is -0.142. The van der Waals surface area contributed by atoms with E-state index in [1.807, 2.05) is 6.92 Å². The number of carbonyl (C=O) groups excluding carboxylic acids is 2. The summed E-state index contributed by atoms with van der Waals surface area (Å²) in [5.41, 5.74) is 1.19. The monoisotopic (exact) mass is 382 g/mol. The van der Waals surface area contributed by atoms with E-state index < -0.39 is 28.5 Å². The lowest BCUT2D eigenvalue weighted by Gasteiger charge is -2.17. The number of hydrogen-bond donors (Lipinski definition) is 1. The van der Waals surface area contributed by atoms with Crippen LogP contribution in [-0.4, -0.2) is 44.8 Å².